The summed E-state index contributed by atoms with van der Waals surface area (Å²) in [6.07, 6.45) is 0.398. The molecule has 1 fully saturated rings. The third kappa shape index (κ3) is 4.55. The average Bonchev–Trinajstić information content (AvgIpc) is 2.84. The summed E-state index contributed by atoms with van der Waals surface area (Å²) in [5.74, 6) is 0.848. The van der Waals surface area contributed by atoms with Crippen LogP contribution in [-0.2, 0) is 0 Å². The molecule has 1 aromatic heterocycles. The number of nitrogens with zero attached hydrogens (tertiary/aromatic N) is 4. The SMILES string of the molecule is COc1cc(NC(=O)c2cc(N3CCN[C@@H](CC#N)C3)nc(OC)n2)c2ccccc2c1. The summed E-state index contributed by atoms with van der Waals surface area (Å²) < 4.78 is 10.6. The van der Waals surface area contributed by atoms with Gasteiger partial charge in [-0.05, 0) is 11.5 Å². The number of anilines is 2. The standard InChI is InChI=1S/C23H24N6O3/c1-31-17-11-15-5-3-4-6-18(15)19(12-17)26-22(30)20-13-21(28-23(27-20)32-2)29-10-9-25-16(14-29)7-8-24/h3-6,11-13,16,25H,7,9-10,14H2,1-2H3,(H,26,30)/t16-/m0/s1. The van der Waals surface area contributed by atoms with Gasteiger partial charge in [-0.25, -0.2) is 0 Å². The number of amides is 1. The second kappa shape index (κ2) is 9.49. The van der Waals surface area contributed by atoms with Gasteiger partial charge in [0.25, 0.3) is 5.91 Å². The Morgan fingerprint density at radius 3 is 2.88 bits per heavy atom. The van der Waals surface area contributed by atoms with Gasteiger partial charge < -0.3 is 25.0 Å². The van der Waals surface area contributed by atoms with Gasteiger partial charge in [0.05, 0.1) is 32.4 Å². The maximum atomic E-state index is 13.2. The minimum atomic E-state index is -0.380. The minimum Gasteiger partial charge on any atom is -0.497 e. The fraction of sp³-hybridized carbons (Fsp3) is 0.304. The average molecular weight is 432 g/mol. The number of benzene rings is 2. The molecule has 0 unspecified atom stereocenters. The van der Waals surface area contributed by atoms with Gasteiger partial charge in [0.15, 0.2) is 0 Å². The predicted octanol–water partition coefficient (Wildman–Crippen LogP) is 2.59. The number of aromatic nitrogens is 2. The van der Waals surface area contributed by atoms with Gasteiger partial charge in [0, 0.05) is 43.2 Å². The number of hydrogen-bond donors (Lipinski definition) is 2. The molecular weight excluding hydrogens is 408 g/mol. The van der Waals surface area contributed by atoms with Crippen LogP contribution in [0, 0.1) is 11.3 Å². The van der Waals surface area contributed by atoms with E-state index in [9.17, 15) is 4.79 Å². The minimum absolute atomic E-state index is 0.0372. The van der Waals surface area contributed by atoms with Crippen LogP contribution in [0.2, 0.25) is 0 Å². The third-order valence-electron chi connectivity index (χ3n) is 5.34. The highest BCUT2D eigenvalue weighted by Crippen LogP contribution is 2.30. The largest absolute Gasteiger partial charge is 0.497 e. The van der Waals surface area contributed by atoms with E-state index in [0.29, 0.717) is 36.8 Å². The van der Waals surface area contributed by atoms with E-state index in [-0.39, 0.29) is 23.7 Å². The molecule has 1 aliphatic heterocycles. The van der Waals surface area contributed by atoms with Crippen LogP contribution in [0.4, 0.5) is 11.5 Å². The van der Waals surface area contributed by atoms with Gasteiger partial charge >= 0.3 is 6.01 Å². The van der Waals surface area contributed by atoms with E-state index >= 15 is 0 Å². The van der Waals surface area contributed by atoms with Crippen molar-refractivity contribution >= 4 is 28.2 Å². The predicted molar refractivity (Wildman–Crippen MR) is 121 cm³/mol. The maximum Gasteiger partial charge on any atom is 0.318 e. The first-order valence-electron chi connectivity index (χ1n) is 10.3. The lowest BCUT2D eigenvalue weighted by Gasteiger charge is -2.33. The Morgan fingerprint density at radius 2 is 2.09 bits per heavy atom. The molecule has 0 saturated carbocycles. The molecule has 0 spiro atoms. The smallest absolute Gasteiger partial charge is 0.318 e. The number of piperazine rings is 1. The zero-order chi connectivity index (χ0) is 22.5. The molecule has 32 heavy (non-hydrogen) atoms. The van der Waals surface area contributed by atoms with Crippen LogP contribution in [0.15, 0.2) is 42.5 Å². The summed E-state index contributed by atoms with van der Waals surface area (Å²) in [5, 5.41) is 17.1. The maximum absolute atomic E-state index is 13.2. The Hall–Kier alpha value is -3.90. The topological polar surface area (TPSA) is 112 Å². The normalized spacial score (nSPS) is 15.8. The van der Waals surface area contributed by atoms with Gasteiger partial charge in [0.1, 0.15) is 17.3 Å². The Kier molecular flexibility index (Phi) is 6.33. The van der Waals surface area contributed by atoms with Crippen molar-refractivity contribution in [1.29, 1.82) is 5.26 Å². The highest BCUT2D eigenvalue weighted by molar-refractivity contribution is 6.09. The van der Waals surface area contributed by atoms with E-state index in [2.05, 4.69) is 26.7 Å². The molecule has 2 heterocycles. The Labute approximate surface area is 186 Å². The highest BCUT2D eigenvalue weighted by atomic mass is 16.5. The number of nitriles is 1. The van der Waals surface area contributed by atoms with Crippen LogP contribution >= 0.6 is 0 Å². The molecule has 1 saturated heterocycles. The second-order valence-electron chi connectivity index (χ2n) is 7.41. The molecule has 4 rings (SSSR count). The Bertz CT molecular complexity index is 1180. The molecule has 1 amide bonds. The summed E-state index contributed by atoms with van der Waals surface area (Å²) in [6, 6.07) is 15.4. The number of hydrogen-bond acceptors (Lipinski definition) is 8. The van der Waals surface area contributed by atoms with E-state index in [0.717, 1.165) is 17.3 Å². The lowest BCUT2D eigenvalue weighted by molar-refractivity contribution is 0.102. The number of methoxy groups -OCH3 is 2. The van der Waals surface area contributed by atoms with Crippen molar-refractivity contribution < 1.29 is 14.3 Å². The fourth-order valence-corrected chi connectivity index (χ4v) is 3.75. The van der Waals surface area contributed by atoms with Gasteiger partial charge in [0.2, 0.25) is 0 Å². The van der Waals surface area contributed by atoms with Gasteiger partial charge in [-0.3, -0.25) is 4.79 Å². The molecule has 0 radical (unpaired) electrons. The number of ether oxygens (including phenoxy) is 2. The van der Waals surface area contributed by atoms with E-state index in [1.807, 2.05) is 35.2 Å². The lowest BCUT2D eigenvalue weighted by atomic mass is 10.1. The first-order valence-corrected chi connectivity index (χ1v) is 10.3. The van der Waals surface area contributed by atoms with Crippen molar-refractivity contribution in [3.63, 3.8) is 0 Å². The van der Waals surface area contributed by atoms with E-state index < -0.39 is 0 Å². The first-order chi connectivity index (χ1) is 15.6. The molecule has 1 aliphatic rings. The first kappa shape index (κ1) is 21.3. The number of carbonyl (C=O) groups is 1. The zero-order valence-corrected chi connectivity index (χ0v) is 18.0. The highest BCUT2D eigenvalue weighted by Gasteiger charge is 2.23. The van der Waals surface area contributed by atoms with Crippen LogP contribution < -0.4 is 25.0 Å². The number of rotatable bonds is 6. The summed E-state index contributed by atoms with van der Waals surface area (Å²) in [6.45, 7) is 2.02. The quantitative estimate of drug-likeness (QED) is 0.611. The molecular formula is C23H24N6O3. The van der Waals surface area contributed by atoms with Crippen molar-refractivity contribution in [2.24, 2.45) is 0 Å². The fourth-order valence-electron chi connectivity index (χ4n) is 3.75. The summed E-state index contributed by atoms with van der Waals surface area (Å²) in [4.78, 5) is 23.9. The molecule has 164 valence electrons. The molecule has 9 heteroatoms. The van der Waals surface area contributed by atoms with Crippen LogP contribution in [0.3, 0.4) is 0 Å². The zero-order valence-electron chi connectivity index (χ0n) is 18.0. The van der Waals surface area contributed by atoms with Crippen LogP contribution in [0.5, 0.6) is 11.8 Å². The Morgan fingerprint density at radius 1 is 1.25 bits per heavy atom. The molecule has 9 nitrogen and oxygen atoms in total. The number of fused-ring (bicyclic) bond motifs is 1. The van der Waals surface area contributed by atoms with Gasteiger partial charge in [-0.15, -0.1) is 0 Å². The second-order valence-corrected chi connectivity index (χ2v) is 7.41. The molecule has 2 N–H and O–H groups in total. The van der Waals surface area contributed by atoms with Crippen molar-refractivity contribution in [2.45, 2.75) is 12.5 Å². The van der Waals surface area contributed by atoms with Crippen molar-refractivity contribution in [3.05, 3.63) is 48.2 Å². The van der Waals surface area contributed by atoms with Crippen molar-refractivity contribution in [3.8, 4) is 17.8 Å². The van der Waals surface area contributed by atoms with Crippen LogP contribution in [-0.4, -0.2) is 55.8 Å². The monoisotopic (exact) mass is 432 g/mol. The van der Waals surface area contributed by atoms with Crippen LogP contribution in [0.25, 0.3) is 10.8 Å². The molecule has 3 aromatic rings. The molecule has 1 atom stereocenters. The van der Waals surface area contributed by atoms with Gasteiger partial charge in [-0.1, -0.05) is 24.3 Å². The number of nitrogens with one attached hydrogen (secondary N) is 2. The van der Waals surface area contributed by atoms with E-state index in [1.54, 1.807) is 19.2 Å². The van der Waals surface area contributed by atoms with Crippen LogP contribution in [0.1, 0.15) is 16.9 Å². The molecule has 0 bridgehead atoms. The van der Waals surface area contributed by atoms with Crippen molar-refractivity contribution in [2.75, 3.05) is 44.1 Å². The van der Waals surface area contributed by atoms with E-state index in [1.165, 1.54) is 7.11 Å². The van der Waals surface area contributed by atoms with Gasteiger partial charge in [-0.2, -0.15) is 15.2 Å². The van der Waals surface area contributed by atoms with E-state index in [4.69, 9.17) is 14.7 Å². The molecule has 2 aromatic carbocycles. The molecule has 0 aliphatic carbocycles. The van der Waals surface area contributed by atoms with Crippen molar-refractivity contribution in [1.82, 2.24) is 15.3 Å². The number of carbonyl (C=O) groups excluding carboxylic acids is 1. The summed E-state index contributed by atoms with van der Waals surface area (Å²) in [5.41, 5.74) is 0.814. The Balaban J connectivity index is 1.64. The lowest BCUT2D eigenvalue weighted by Crippen LogP contribution is -2.50. The third-order valence-corrected chi connectivity index (χ3v) is 5.34. The summed E-state index contributed by atoms with van der Waals surface area (Å²) in [7, 11) is 3.05. The summed E-state index contributed by atoms with van der Waals surface area (Å²) >= 11 is 0.